The average molecular weight is 252 g/mol. The number of pyridine rings is 1. The lowest BCUT2D eigenvalue weighted by atomic mass is 9.96. The molecule has 2 aliphatic rings. The smallest absolute Gasteiger partial charge is 0.216 e. The maximum absolute atomic E-state index is 13.8. The molecule has 0 radical (unpaired) electrons. The molecule has 1 fully saturated rings. The third-order valence-corrected chi connectivity index (χ3v) is 3.72. The predicted octanol–water partition coefficient (Wildman–Crippen LogP) is 1.60. The van der Waals surface area contributed by atoms with Crippen molar-refractivity contribution in [1.29, 1.82) is 0 Å². The van der Waals surface area contributed by atoms with Gasteiger partial charge in [0.2, 0.25) is 5.95 Å². The number of halogens is 1. The average Bonchev–Trinajstić information content (AvgIpc) is 2.75. The first-order valence-corrected chi connectivity index (χ1v) is 6.34. The number of fused-ring (bicyclic) bond motifs is 4. The number of hydrogen-bond acceptors (Lipinski definition) is 4. The highest BCUT2D eigenvalue weighted by Gasteiger charge is 2.36. The summed E-state index contributed by atoms with van der Waals surface area (Å²) in [5.74, 6) is 0.351. The fourth-order valence-electron chi connectivity index (χ4n) is 2.90. The van der Waals surface area contributed by atoms with Gasteiger partial charge in [-0.05, 0) is 19.3 Å². The highest BCUT2D eigenvalue weighted by molar-refractivity contribution is 5.43. The molecule has 0 saturated carbocycles. The van der Waals surface area contributed by atoms with Crippen molar-refractivity contribution in [3.05, 3.63) is 23.3 Å². The molecule has 1 N–H and O–H groups in total. The van der Waals surface area contributed by atoms with Crippen molar-refractivity contribution in [3.8, 4) is 5.75 Å². The van der Waals surface area contributed by atoms with Crippen LogP contribution in [0.15, 0.2) is 6.20 Å². The standard InChI is InChI=1S/C13H17FN2O2/c1-17-4-5-18-11-7-15-13(14)9-6-8-2-3-10(16-8)12(9)11/h7-8,10,16H,2-6H2,1H3/t8-,10+/m0/s1. The fraction of sp³-hybridized carbons (Fsp3) is 0.615. The van der Waals surface area contributed by atoms with Gasteiger partial charge in [0.1, 0.15) is 12.4 Å². The van der Waals surface area contributed by atoms with Gasteiger partial charge in [-0.15, -0.1) is 0 Å². The van der Waals surface area contributed by atoms with E-state index in [1.54, 1.807) is 7.11 Å². The summed E-state index contributed by atoms with van der Waals surface area (Å²) in [6, 6.07) is 0.613. The molecule has 2 aliphatic heterocycles. The van der Waals surface area contributed by atoms with E-state index in [1.165, 1.54) is 6.20 Å². The first-order chi connectivity index (χ1) is 8.79. The predicted molar refractivity (Wildman–Crippen MR) is 64.2 cm³/mol. The maximum atomic E-state index is 13.8. The van der Waals surface area contributed by atoms with Gasteiger partial charge in [-0.2, -0.15) is 4.39 Å². The normalized spacial score (nSPS) is 25.0. The Labute approximate surface area is 106 Å². The molecule has 5 heteroatoms. The molecule has 2 bridgehead atoms. The zero-order chi connectivity index (χ0) is 12.5. The summed E-state index contributed by atoms with van der Waals surface area (Å²) in [5.41, 5.74) is 1.70. The summed E-state index contributed by atoms with van der Waals surface area (Å²) in [4.78, 5) is 3.81. The summed E-state index contributed by atoms with van der Waals surface area (Å²) in [5, 5.41) is 3.50. The Morgan fingerprint density at radius 1 is 1.44 bits per heavy atom. The quantitative estimate of drug-likeness (QED) is 0.653. The van der Waals surface area contributed by atoms with Crippen molar-refractivity contribution < 1.29 is 13.9 Å². The van der Waals surface area contributed by atoms with Gasteiger partial charge < -0.3 is 14.8 Å². The van der Waals surface area contributed by atoms with Crippen LogP contribution in [0.2, 0.25) is 0 Å². The number of hydrogen-bond donors (Lipinski definition) is 1. The van der Waals surface area contributed by atoms with Gasteiger partial charge >= 0.3 is 0 Å². The third kappa shape index (κ3) is 1.97. The van der Waals surface area contributed by atoms with Crippen LogP contribution < -0.4 is 10.1 Å². The van der Waals surface area contributed by atoms with Crippen LogP contribution in [-0.4, -0.2) is 31.3 Å². The van der Waals surface area contributed by atoms with E-state index in [-0.39, 0.29) is 12.0 Å². The molecular formula is C13H17FN2O2. The van der Waals surface area contributed by atoms with Crippen molar-refractivity contribution in [3.63, 3.8) is 0 Å². The largest absolute Gasteiger partial charge is 0.489 e. The molecule has 0 aromatic carbocycles. The minimum atomic E-state index is -0.345. The molecule has 0 amide bonds. The van der Waals surface area contributed by atoms with Gasteiger partial charge in [-0.25, -0.2) is 4.98 Å². The van der Waals surface area contributed by atoms with E-state index in [1.807, 2.05) is 0 Å². The minimum absolute atomic E-state index is 0.216. The maximum Gasteiger partial charge on any atom is 0.216 e. The molecule has 3 heterocycles. The lowest BCUT2D eigenvalue weighted by Crippen LogP contribution is -2.33. The van der Waals surface area contributed by atoms with Crippen molar-refractivity contribution in [2.24, 2.45) is 0 Å². The minimum Gasteiger partial charge on any atom is -0.489 e. The Morgan fingerprint density at radius 3 is 3.17 bits per heavy atom. The van der Waals surface area contributed by atoms with Crippen LogP contribution in [0.25, 0.3) is 0 Å². The molecule has 1 saturated heterocycles. The molecular weight excluding hydrogens is 235 g/mol. The summed E-state index contributed by atoms with van der Waals surface area (Å²) in [6.45, 7) is 0.985. The van der Waals surface area contributed by atoms with Crippen molar-refractivity contribution in [2.45, 2.75) is 31.3 Å². The molecule has 0 aliphatic carbocycles. The molecule has 4 nitrogen and oxygen atoms in total. The van der Waals surface area contributed by atoms with Crippen LogP contribution in [0.3, 0.4) is 0 Å². The molecule has 1 aromatic heterocycles. The molecule has 3 rings (SSSR count). The van der Waals surface area contributed by atoms with Crippen LogP contribution in [0.4, 0.5) is 4.39 Å². The highest BCUT2D eigenvalue weighted by Crippen LogP contribution is 2.41. The topological polar surface area (TPSA) is 43.4 Å². The summed E-state index contributed by atoms with van der Waals surface area (Å²) < 4.78 is 24.4. The molecule has 1 aromatic rings. The van der Waals surface area contributed by atoms with Gasteiger partial charge in [-0.3, -0.25) is 0 Å². The van der Waals surface area contributed by atoms with Crippen LogP contribution in [0.5, 0.6) is 5.75 Å². The van der Waals surface area contributed by atoms with Crippen molar-refractivity contribution in [2.75, 3.05) is 20.3 Å². The highest BCUT2D eigenvalue weighted by atomic mass is 19.1. The van der Waals surface area contributed by atoms with E-state index >= 15 is 0 Å². The Bertz CT molecular complexity index is 453. The van der Waals surface area contributed by atoms with E-state index < -0.39 is 0 Å². The fourth-order valence-corrected chi connectivity index (χ4v) is 2.90. The zero-order valence-electron chi connectivity index (χ0n) is 10.4. The molecule has 0 spiro atoms. The number of nitrogens with one attached hydrogen (secondary N) is 1. The van der Waals surface area contributed by atoms with E-state index in [9.17, 15) is 4.39 Å². The Balaban J connectivity index is 1.91. The number of methoxy groups -OCH3 is 1. The summed E-state index contributed by atoms with van der Waals surface area (Å²) in [7, 11) is 1.63. The Morgan fingerprint density at radius 2 is 2.33 bits per heavy atom. The van der Waals surface area contributed by atoms with E-state index in [0.717, 1.165) is 24.0 Å². The van der Waals surface area contributed by atoms with Crippen LogP contribution in [0, 0.1) is 5.95 Å². The summed E-state index contributed by atoms with van der Waals surface area (Å²) in [6.07, 6.45) is 4.34. The number of nitrogens with zero attached hydrogens (tertiary/aromatic N) is 1. The van der Waals surface area contributed by atoms with Crippen molar-refractivity contribution >= 4 is 0 Å². The van der Waals surface area contributed by atoms with Gasteiger partial charge in [0.25, 0.3) is 0 Å². The van der Waals surface area contributed by atoms with Crippen LogP contribution in [0.1, 0.15) is 30.0 Å². The van der Waals surface area contributed by atoms with Crippen molar-refractivity contribution in [1.82, 2.24) is 10.3 Å². The van der Waals surface area contributed by atoms with Gasteiger partial charge in [0, 0.05) is 30.3 Å². The molecule has 98 valence electrons. The second-order valence-electron chi connectivity index (χ2n) is 4.84. The zero-order valence-corrected chi connectivity index (χ0v) is 10.4. The van der Waals surface area contributed by atoms with E-state index in [4.69, 9.17) is 9.47 Å². The van der Waals surface area contributed by atoms with Gasteiger partial charge in [0.05, 0.1) is 12.8 Å². The van der Waals surface area contributed by atoms with E-state index in [2.05, 4.69) is 10.3 Å². The second kappa shape index (κ2) is 4.82. The van der Waals surface area contributed by atoms with Crippen LogP contribution in [-0.2, 0) is 11.2 Å². The van der Waals surface area contributed by atoms with Gasteiger partial charge in [0.15, 0.2) is 0 Å². The number of ether oxygens (including phenoxy) is 2. The molecule has 0 unspecified atom stereocenters. The first-order valence-electron chi connectivity index (χ1n) is 6.34. The summed E-state index contributed by atoms with van der Waals surface area (Å²) >= 11 is 0. The second-order valence-corrected chi connectivity index (χ2v) is 4.84. The lowest BCUT2D eigenvalue weighted by Gasteiger charge is -2.26. The monoisotopic (exact) mass is 252 g/mol. The SMILES string of the molecule is COCCOc1cnc(F)c2c1[C@H]1CC[C@@H](C2)N1. The molecule has 18 heavy (non-hydrogen) atoms. The Hall–Kier alpha value is -1.20. The first kappa shape index (κ1) is 11.9. The molecule has 2 atom stereocenters. The Kier molecular flexibility index (Phi) is 3.18. The van der Waals surface area contributed by atoms with Gasteiger partial charge in [-0.1, -0.05) is 0 Å². The third-order valence-electron chi connectivity index (χ3n) is 3.72. The number of rotatable bonds is 4. The van der Waals surface area contributed by atoms with E-state index in [0.29, 0.717) is 31.4 Å². The van der Waals surface area contributed by atoms with Crippen LogP contribution >= 0.6 is 0 Å². The number of aromatic nitrogens is 1. The lowest BCUT2D eigenvalue weighted by molar-refractivity contribution is 0.145.